The maximum atomic E-state index is 2.53. The summed E-state index contributed by atoms with van der Waals surface area (Å²) >= 11 is 1.04. The number of benzene rings is 2. The fourth-order valence-corrected chi connectivity index (χ4v) is 7.59. The number of hydrogen-bond donors (Lipinski definition) is 0. The average molecular weight is 601 g/mol. The van der Waals surface area contributed by atoms with Gasteiger partial charge in [0.1, 0.15) is 0 Å². The molecule has 0 heterocycles. The molecule has 0 nitrogen and oxygen atoms in total. The summed E-state index contributed by atoms with van der Waals surface area (Å²) in [6.07, 6.45) is 7.54. The van der Waals surface area contributed by atoms with Gasteiger partial charge < -0.3 is 24.8 Å². The Morgan fingerprint density at radius 3 is 1.67 bits per heavy atom. The standard InChI is InChI=1S/C27H27.2ClH.Hf/c1-18-11-13-23(14-12-18)25-15-19(2)22(5)26(25)27(16-20(3)21(4)17-27)24-9-7-6-8-10-24;;;/h6-17H,1-5H3;2*1H;/q;;;+2/p-2. The van der Waals surface area contributed by atoms with Crippen LogP contribution >= 0.6 is 0 Å². The zero-order chi connectivity index (χ0) is 20.1. The van der Waals surface area contributed by atoms with Crippen molar-refractivity contribution in [2.24, 2.45) is 0 Å². The molecule has 30 heavy (non-hydrogen) atoms. The Morgan fingerprint density at radius 1 is 0.600 bits per heavy atom. The van der Waals surface area contributed by atoms with Crippen LogP contribution in [0.15, 0.2) is 101 Å². The van der Waals surface area contributed by atoms with Crippen molar-refractivity contribution in [1.29, 1.82) is 0 Å². The molecule has 0 bridgehead atoms. The number of hydrogen-bond acceptors (Lipinski definition) is 0. The molecule has 0 spiro atoms. The van der Waals surface area contributed by atoms with Gasteiger partial charge in [0.2, 0.25) is 0 Å². The van der Waals surface area contributed by atoms with E-state index in [1.54, 1.807) is 5.57 Å². The molecular weight excluding hydrogens is 574 g/mol. The zero-order valence-electron chi connectivity index (χ0n) is 18.2. The van der Waals surface area contributed by atoms with Crippen LogP contribution in [-0.2, 0) is 33.0 Å². The van der Waals surface area contributed by atoms with Crippen molar-refractivity contribution in [3.8, 4) is 0 Å². The van der Waals surface area contributed by atoms with Crippen molar-refractivity contribution in [1.82, 2.24) is 0 Å². The van der Waals surface area contributed by atoms with Gasteiger partial charge in [-0.3, -0.25) is 0 Å². The van der Waals surface area contributed by atoms with Crippen molar-refractivity contribution in [3.63, 3.8) is 0 Å². The van der Waals surface area contributed by atoms with Crippen LogP contribution in [0, 0.1) is 6.92 Å². The summed E-state index contributed by atoms with van der Waals surface area (Å²) in [5, 5.41) is 0. The SMILES string of the molecule is CC1=CC(C2=C(C)C(C)=C[C]2([Hf+2])c2ccc(C)cc2)(c2ccccc2)C=C1C.[Cl-].[Cl-]. The fraction of sp³-hybridized carbons (Fsp3) is 0.259. The molecule has 0 aliphatic heterocycles. The Bertz CT molecular complexity index is 1040. The summed E-state index contributed by atoms with van der Waals surface area (Å²) in [4.78, 5) is 0. The Hall–Kier alpha value is -1.15. The van der Waals surface area contributed by atoms with Gasteiger partial charge in [0.25, 0.3) is 0 Å². The van der Waals surface area contributed by atoms with Crippen LogP contribution in [-0.4, -0.2) is 0 Å². The van der Waals surface area contributed by atoms with Gasteiger partial charge in [0, 0.05) is 0 Å². The largest absolute Gasteiger partial charge is 1.00 e. The van der Waals surface area contributed by atoms with Crippen LogP contribution in [0.2, 0.25) is 0 Å². The minimum Gasteiger partial charge on any atom is -1.00 e. The molecule has 2 aromatic carbocycles. The van der Waals surface area contributed by atoms with Gasteiger partial charge in [-0.15, -0.1) is 0 Å². The number of rotatable bonds is 3. The van der Waals surface area contributed by atoms with E-state index in [4.69, 9.17) is 0 Å². The summed E-state index contributed by atoms with van der Waals surface area (Å²) in [5.41, 5.74) is 11.2. The first-order chi connectivity index (χ1) is 13.3. The Labute approximate surface area is 208 Å². The predicted molar refractivity (Wildman–Crippen MR) is 115 cm³/mol. The topological polar surface area (TPSA) is 0 Å². The van der Waals surface area contributed by atoms with Crippen molar-refractivity contribution in [2.75, 3.05) is 0 Å². The third-order valence-electron chi connectivity index (χ3n) is 6.48. The summed E-state index contributed by atoms with van der Waals surface area (Å²) in [6, 6.07) is 20.3. The minimum absolute atomic E-state index is 0. The van der Waals surface area contributed by atoms with Crippen molar-refractivity contribution >= 4 is 0 Å². The molecule has 0 aromatic heterocycles. The molecule has 0 saturated carbocycles. The Balaban J connectivity index is 0.00000160. The zero-order valence-corrected chi connectivity index (χ0v) is 23.3. The predicted octanol–water partition coefficient (Wildman–Crippen LogP) is 0.866. The Kier molecular flexibility index (Phi) is 7.66. The molecule has 0 saturated heterocycles. The average Bonchev–Trinajstić information content (AvgIpc) is 3.10. The van der Waals surface area contributed by atoms with E-state index in [0.717, 1.165) is 24.4 Å². The monoisotopic (exact) mass is 601 g/mol. The fourth-order valence-electron chi connectivity index (χ4n) is 4.80. The normalized spacial score (nSPS) is 22.0. The van der Waals surface area contributed by atoms with E-state index in [-0.39, 0.29) is 33.4 Å². The molecule has 2 aromatic rings. The first-order valence-electron chi connectivity index (χ1n) is 9.96. The van der Waals surface area contributed by atoms with Gasteiger partial charge in [0.05, 0.1) is 0 Å². The minimum atomic E-state index is -0.166. The third-order valence-corrected chi connectivity index (χ3v) is 8.93. The van der Waals surface area contributed by atoms with Gasteiger partial charge >= 0.3 is 185 Å². The maximum Gasteiger partial charge on any atom is -1.00 e. The number of halogens is 2. The molecule has 1 atom stereocenters. The second-order valence-corrected chi connectivity index (χ2v) is 11.2. The molecule has 0 radical (unpaired) electrons. The van der Waals surface area contributed by atoms with Crippen molar-refractivity contribution in [2.45, 2.75) is 43.2 Å². The first kappa shape index (κ1) is 25.1. The molecule has 2 aliphatic carbocycles. The van der Waals surface area contributed by atoms with E-state index < -0.39 is 0 Å². The van der Waals surface area contributed by atoms with Crippen LogP contribution in [0.3, 0.4) is 0 Å². The van der Waals surface area contributed by atoms with Crippen molar-refractivity contribution in [3.05, 3.63) is 117 Å². The number of allylic oxidation sites excluding steroid dienone is 8. The van der Waals surface area contributed by atoms with Gasteiger partial charge in [-0.25, -0.2) is 0 Å². The van der Waals surface area contributed by atoms with Crippen LogP contribution in [0.25, 0.3) is 0 Å². The smallest absolute Gasteiger partial charge is 1.00 e. The van der Waals surface area contributed by atoms with E-state index in [0.29, 0.717) is 0 Å². The molecule has 0 fully saturated rings. The van der Waals surface area contributed by atoms with E-state index in [1.807, 2.05) is 0 Å². The van der Waals surface area contributed by atoms with Gasteiger partial charge in [-0.2, -0.15) is 0 Å². The van der Waals surface area contributed by atoms with E-state index in [2.05, 4.69) is 107 Å². The molecule has 3 heteroatoms. The Morgan fingerprint density at radius 2 is 1.13 bits per heavy atom. The molecule has 4 rings (SSSR count). The molecule has 1 unspecified atom stereocenters. The summed E-state index contributed by atoms with van der Waals surface area (Å²) in [6.45, 7) is 11.3. The van der Waals surface area contributed by atoms with Crippen LogP contribution in [0.1, 0.15) is 44.4 Å². The molecular formula is C27H27Cl2Hf. The van der Waals surface area contributed by atoms with Crippen LogP contribution < -0.4 is 24.8 Å². The van der Waals surface area contributed by atoms with E-state index in [1.165, 1.54) is 39.0 Å². The molecule has 0 N–H and O–H groups in total. The van der Waals surface area contributed by atoms with Crippen molar-refractivity contribution < 1.29 is 49.2 Å². The molecule has 0 amide bonds. The summed E-state index contributed by atoms with van der Waals surface area (Å²) in [5.74, 6) is 0. The van der Waals surface area contributed by atoms with Gasteiger partial charge in [0.15, 0.2) is 0 Å². The quantitative estimate of drug-likeness (QED) is 0.459. The van der Waals surface area contributed by atoms with Gasteiger partial charge in [-0.1, -0.05) is 0 Å². The first-order valence-corrected chi connectivity index (χ1v) is 11.8. The molecule has 2 aliphatic rings. The summed E-state index contributed by atoms with van der Waals surface area (Å²) < 4.78 is 0.00953. The van der Waals surface area contributed by atoms with E-state index in [9.17, 15) is 0 Å². The second kappa shape index (κ2) is 9.15. The third kappa shape index (κ3) is 3.90. The second-order valence-electron chi connectivity index (χ2n) is 8.39. The number of aryl methyl sites for hydroxylation is 1. The maximum absolute atomic E-state index is 2.53. The van der Waals surface area contributed by atoms with Crippen LogP contribution in [0.4, 0.5) is 0 Å². The molecule has 153 valence electrons. The summed E-state index contributed by atoms with van der Waals surface area (Å²) in [7, 11) is 0. The van der Waals surface area contributed by atoms with Gasteiger partial charge in [-0.05, 0) is 0 Å². The van der Waals surface area contributed by atoms with Crippen LogP contribution in [0.5, 0.6) is 0 Å². The van der Waals surface area contributed by atoms with E-state index >= 15 is 0 Å².